The van der Waals surface area contributed by atoms with E-state index in [0.29, 0.717) is 6.04 Å². The Morgan fingerprint density at radius 3 is 2.80 bits per heavy atom. The molecule has 0 amide bonds. The third kappa shape index (κ3) is 2.22. The lowest BCUT2D eigenvalue weighted by Crippen LogP contribution is -2.31. The van der Waals surface area contributed by atoms with Gasteiger partial charge < -0.3 is 5.32 Å². The molecule has 1 heterocycles. The van der Waals surface area contributed by atoms with E-state index in [1.807, 2.05) is 0 Å². The van der Waals surface area contributed by atoms with Crippen molar-refractivity contribution in [2.24, 2.45) is 5.92 Å². The van der Waals surface area contributed by atoms with Gasteiger partial charge >= 0.3 is 0 Å². The maximum Gasteiger partial charge on any atom is 0.0351 e. The smallest absolute Gasteiger partial charge is 0.0351 e. The zero-order valence-corrected chi connectivity index (χ0v) is 10.9. The summed E-state index contributed by atoms with van der Waals surface area (Å²) in [7, 11) is 0. The highest BCUT2D eigenvalue weighted by atomic mass is 79.9. The van der Waals surface area contributed by atoms with Crippen molar-refractivity contribution in [3.8, 4) is 0 Å². The Bertz CT molecular complexity index is 363. The van der Waals surface area contributed by atoms with E-state index in [2.05, 4.69) is 39.4 Å². The lowest BCUT2D eigenvalue weighted by Gasteiger charge is -2.27. The number of fused-ring (bicyclic) bond motifs is 1. The number of halogens is 2. The highest BCUT2D eigenvalue weighted by Crippen LogP contribution is 2.43. The molecule has 0 radical (unpaired) electrons. The van der Waals surface area contributed by atoms with Gasteiger partial charge in [0.25, 0.3) is 0 Å². The predicted octanol–water partition coefficient (Wildman–Crippen LogP) is 3.47. The van der Waals surface area contributed by atoms with Gasteiger partial charge in [-0.1, -0.05) is 22.0 Å². The SMILES string of the molecule is Brc1ccc2c(c1)CCNC2C1CC1.Cl. The van der Waals surface area contributed by atoms with Crippen LogP contribution in [0.15, 0.2) is 22.7 Å². The van der Waals surface area contributed by atoms with Crippen molar-refractivity contribution in [3.05, 3.63) is 33.8 Å². The molecular weight excluding hydrogens is 273 g/mol. The van der Waals surface area contributed by atoms with Crippen molar-refractivity contribution in [3.63, 3.8) is 0 Å². The quantitative estimate of drug-likeness (QED) is 0.834. The second-order valence-corrected chi connectivity index (χ2v) is 5.28. The number of hydrogen-bond acceptors (Lipinski definition) is 1. The summed E-state index contributed by atoms with van der Waals surface area (Å²) >= 11 is 3.54. The molecule has 1 aliphatic carbocycles. The first-order chi connectivity index (χ1) is 6.84. The molecule has 1 N–H and O–H groups in total. The van der Waals surface area contributed by atoms with Crippen LogP contribution in [-0.4, -0.2) is 6.54 Å². The van der Waals surface area contributed by atoms with Gasteiger partial charge in [0.05, 0.1) is 0 Å². The average Bonchev–Trinajstić information content (AvgIpc) is 2.99. The summed E-state index contributed by atoms with van der Waals surface area (Å²) in [6, 6.07) is 7.38. The Morgan fingerprint density at radius 2 is 2.07 bits per heavy atom. The summed E-state index contributed by atoms with van der Waals surface area (Å²) in [5, 5.41) is 3.64. The van der Waals surface area contributed by atoms with Crippen LogP contribution >= 0.6 is 28.3 Å². The zero-order valence-electron chi connectivity index (χ0n) is 8.50. The lowest BCUT2D eigenvalue weighted by molar-refractivity contribution is 0.458. The van der Waals surface area contributed by atoms with Crippen molar-refractivity contribution in [2.75, 3.05) is 6.54 Å². The molecule has 0 aromatic heterocycles. The third-order valence-electron chi connectivity index (χ3n) is 3.29. The van der Waals surface area contributed by atoms with E-state index in [0.717, 1.165) is 12.5 Å². The molecule has 1 unspecified atom stereocenters. The summed E-state index contributed by atoms with van der Waals surface area (Å²) in [5.41, 5.74) is 3.08. The Kier molecular flexibility index (Phi) is 3.39. The van der Waals surface area contributed by atoms with Crippen LogP contribution in [-0.2, 0) is 6.42 Å². The minimum atomic E-state index is 0. The molecule has 0 saturated heterocycles. The molecule has 1 atom stereocenters. The first kappa shape index (κ1) is 11.4. The van der Waals surface area contributed by atoms with Gasteiger partial charge in [0.15, 0.2) is 0 Å². The van der Waals surface area contributed by atoms with E-state index < -0.39 is 0 Å². The number of benzene rings is 1. The lowest BCUT2D eigenvalue weighted by atomic mass is 9.92. The van der Waals surface area contributed by atoms with Crippen LogP contribution in [0.4, 0.5) is 0 Å². The minimum absolute atomic E-state index is 0. The van der Waals surface area contributed by atoms with Crippen LogP contribution in [0.2, 0.25) is 0 Å². The molecule has 2 aliphatic rings. The molecule has 82 valence electrons. The molecule has 1 aromatic rings. The highest BCUT2D eigenvalue weighted by Gasteiger charge is 2.34. The molecule has 0 spiro atoms. The molecule has 3 rings (SSSR count). The minimum Gasteiger partial charge on any atom is -0.309 e. The number of hydrogen-bond donors (Lipinski definition) is 1. The Morgan fingerprint density at radius 1 is 1.27 bits per heavy atom. The fourth-order valence-electron chi connectivity index (χ4n) is 2.42. The fourth-order valence-corrected chi connectivity index (χ4v) is 2.83. The summed E-state index contributed by atoms with van der Waals surface area (Å²) in [4.78, 5) is 0. The monoisotopic (exact) mass is 287 g/mol. The first-order valence-electron chi connectivity index (χ1n) is 5.36. The largest absolute Gasteiger partial charge is 0.309 e. The van der Waals surface area contributed by atoms with E-state index in [-0.39, 0.29) is 12.4 Å². The molecular formula is C12H15BrClN. The van der Waals surface area contributed by atoms with Crippen molar-refractivity contribution in [1.29, 1.82) is 0 Å². The van der Waals surface area contributed by atoms with Crippen LogP contribution in [0.1, 0.15) is 30.0 Å². The van der Waals surface area contributed by atoms with Crippen LogP contribution < -0.4 is 5.32 Å². The van der Waals surface area contributed by atoms with Gasteiger partial charge in [0.2, 0.25) is 0 Å². The molecule has 1 aromatic carbocycles. The Hall–Kier alpha value is -0.0500. The molecule has 15 heavy (non-hydrogen) atoms. The molecule has 1 aliphatic heterocycles. The summed E-state index contributed by atoms with van der Waals surface area (Å²) in [6.45, 7) is 1.14. The molecule has 0 bridgehead atoms. The molecule has 1 nitrogen and oxygen atoms in total. The zero-order chi connectivity index (χ0) is 9.54. The third-order valence-corrected chi connectivity index (χ3v) is 3.79. The maximum absolute atomic E-state index is 3.64. The average molecular weight is 289 g/mol. The van der Waals surface area contributed by atoms with E-state index in [4.69, 9.17) is 0 Å². The van der Waals surface area contributed by atoms with E-state index in [1.54, 1.807) is 5.56 Å². The molecule has 1 saturated carbocycles. The van der Waals surface area contributed by atoms with Gasteiger partial charge in [-0.15, -0.1) is 12.4 Å². The molecule has 1 fully saturated rings. The Labute approximate surface area is 105 Å². The topological polar surface area (TPSA) is 12.0 Å². The van der Waals surface area contributed by atoms with E-state index >= 15 is 0 Å². The predicted molar refractivity (Wildman–Crippen MR) is 68.6 cm³/mol. The van der Waals surface area contributed by atoms with Crippen molar-refractivity contribution in [2.45, 2.75) is 25.3 Å². The fraction of sp³-hybridized carbons (Fsp3) is 0.500. The summed E-state index contributed by atoms with van der Waals surface area (Å²) in [5.74, 6) is 0.912. The first-order valence-corrected chi connectivity index (χ1v) is 6.15. The van der Waals surface area contributed by atoms with Crippen molar-refractivity contribution >= 4 is 28.3 Å². The van der Waals surface area contributed by atoms with Crippen LogP contribution in [0.3, 0.4) is 0 Å². The van der Waals surface area contributed by atoms with E-state index in [9.17, 15) is 0 Å². The summed E-state index contributed by atoms with van der Waals surface area (Å²) in [6.07, 6.45) is 4.00. The second kappa shape index (κ2) is 4.44. The van der Waals surface area contributed by atoms with Gasteiger partial charge in [-0.2, -0.15) is 0 Å². The van der Waals surface area contributed by atoms with Gasteiger partial charge in [0.1, 0.15) is 0 Å². The van der Waals surface area contributed by atoms with Crippen LogP contribution in [0.25, 0.3) is 0 Å². The van der Waals surface area contributed by atoms with Crippen molar-refractivity contribution in [1.82, 2.24) is 5.32 Å². The van der Waals surface area contributed by atoms with Crippen molar-refractivity contribution < 1.29 is 0 Å². The number of nitrogens with one attached hydrogen (secondary N) is 1. The van der Waals surface area contributed by atoms with Crippen LogP contribution in [0, 0.1) is 5.92 Å². The second-order valence-electron chi connectivity index (χ2n) is 4.36. The van der Waals surface area contributed by atoms with Gasteiger partial charge in [0, 0.05) is 10.5 Å². The van der Waals surface area contributed by atoms with Gasteiger partial charge in [-0.05, 0) is 55.0 Å². The number of rotatable bonds is 1. The van der Waals surface area contributed by atoms with Gasteiger partial charge in [-0.25, -0.2) is 0 Å². The Balaban J connectivity index is 0.000000853. The maximum atomic E-state index is 3.64. The summed E-state index contributed by atoms with van der Waals surface area (Å²) < 4.78 is 1.22. The van der Waals surface area contributed by atoms with E-state index in [1.165, 1.54) is 29.3 Å². The standard InChI is InChI=1S/C12H14BrN.ClH/c13-10-3-4-11-9(7-10)5-6-14-12(11)8-1-2-8;/h3-4,7-8,12,14H,1-2,5-6H2;1H. The highest BCUT2D eigenvalue weighted by molar-refractivity contribution is 9.10. The normalized spacial score (nSPS) is 24.2. The van der Waals surface area contributed by atoms with Gasteiger partial charge in [-0.3, -0.25) is 0 Å². The molecule has 3 heteroatoms. The van der Waals surface area contributed by atoms with Crippen LogP contribution in [0.5, 0.6) is 0 Å².